The molecule has 0 spiro atoms. The predicted octanol–water partition coefficient (Wildman–Crippen LogP) is 4.37. The molecule has 0 atom stereocenters. The molecule has 0 heterocycles. The van der Waals surface area contributed by atoms with E-state index in [9.17, 15) is 26.3 Å². The highest BCUT2D eigenvalue weighted by atomic mass is 19.4. The van der Waals surface area contributed by atoms with Crippen LogP contribution in [-0.2, 0) is 6.18 Å². The number of benzene rings is 2. The second-order valence-electron chi connectivity index (χ2n) is 4.05. The number of hydrogen-bond donors (Lipinski definition) is 1. The third-order valence-electron chi connectivity index (χ3n) is 2.67. The Labute approximate surface area is 109 Å². The predicted molar refractivity (Wildman–Crippen MR) is 61.2 cm³/mol. The fourth-order valence-corrected chi connectivity index (χ4v) is 1.72. The van der Waals surface area contributed by atoms with Crippen LogP contribution in [0.4, 0.5) is 32.0 Å². The molecule has 0 aliphatic rings. The summed E-state index contributed by atoms with van der Waals surface area (Å²) in [5, 5.41) is 0. The molecule has 2 N–H and O–H groups in total. The molecule has 7 heteroatoms. The molecule has 2 rings (SSSR count). The van der Waals surface area contributed by atoms with Crippen LogP contribution in [0.2, 0.25) is 0 Å². The molecule has 0 bridgehead atoms. The summed E-state index contributed by atoms with van der Waals surface area (Å²) in [7, 11) is 0. The normalized spacial score (nSPS) is 11.7. The van der Waals surface area contributed by atoms with Crippen molar-refractivity contribution < 1.29 is 26.3 Å². The number of rotatable bonds is 1. The highest BCUT2D eigenvalue weighted by molar-refractivity contribution is 5.69. The van der Waals surface area contributed by atoms with Crippen LogP contribution in [0, 0.1) is 17.5 Å². The minimum Gasteiger partial charge on any atom is -0.398 e. The van der Waals surface area contributed by atoms with Crippen LogP contribution in [-0.4, -0.2) is 0 Å². The van der Waals surface area contributed by atoms with Gasteiger partial charge in [0.25, 0.3) is 0 Å². The number of hydrogen-bond acceptors (Lipinski definition) is 1. The lowest BCUT2D eigenvalue weighted by atomic mass is 10.0. The summed E-state index contributed by atoms with van der Waals surface area (Å²) in [4.78, 5) is 0. The molecule has 2 aromatic carbocycles. The first kappa shape index (κ1) is 14.2. The lowest BCUT2D eigenvalue weighted by Crippen LogP contribution is -2.08. The van der Waals surface area contributed by atoms with Gasteiger partial charge in [-0.2, -0.15) is 13.2 Å². The second-order valence-corrected chi connectivity index (χ2v) is 4.05. The van der Waals surface area contributed by atoms with Gasteiger partial charge in [0.05, 0.1) is 5.56 Å². The van der Waals surface area contributed by atoms with Gasteiger partial charge in [-0.25, -0.2) is 13.2 Å². The Hall–Kier alpha value is -2.18. The van der Waals surface area contributed by atoms with Gasteiger partial charge in [0, 0.05) is 5.69 Å². The number of alkyl halides is 3. The molecule has 106 valence electrons. The average molecular weight is 291 g/mol. The summed E-state index contributed by atoms with van der Waals surface area (Å²) in [5.74, 6) is -4.51. The van der Waals surface area contributed by atoms with E-state index in [1.807, 2.05) is 0 Å². The molecule has 0 unspecified atom stereocenters. The van der Waals surface area contributed by atoms with Crippen molar-refractivity contribution in [3.8, 4) is 11.1 Å². The first-order valence-corrected chi connectivity index (χ1v) is 5.32. The molecular weight excluding hydrogens is 284 g/mol. The summed E-state index contributed by atoms with van der Waals surface area (Å²) in [6, 6.07) is 3.99. The molecule has 0 aliphatic carbocycles. The van der Waals surface area contributed by atoms with Crippen molar-refractivity contribution in [1.82, 2.24) is 0 Å². The maximum Gasteiger partial charge on any atom is 0.418 e. The summed E-state index contributed by atoms with van der Waals surface area (Å²) in [5.41, 5.74) is 3.57. The first-order chi connectivity index (χ1) is 9.20. The van der Waals surface area contributed by atoms with Crippen LogP contribution in [0.5, 0.6) is 0 Å². The summed E-state index contributed by atoms with van der Waals surface area (Å²) in [6.45, 7) is 0. The molecule has 0 aliphatic heterocycles. The van der Waals surface area contributed by atoms with Crippen molar-refractivity contribution in [2.75, 3.05) is 5.73 Å². The van der Waals surface area contributed by atoms with Crippen LogP contribution in [0.3, 0.4) is 0 Å². The Kier molecular flexibility index (Phi) is 3.37. The number of anilines is 1. The Morgan fingerprint density at radius 1 is 0.800 bits per heavy atom. The molecular formula is C13H7F6N. The summed E-state index contributed by atoms with van der Waals surface area (Å²) in [6.07, 6.45) is -4.62. The summed E-state index contributed by atoms with van der Waals surface area (Å²) < 4.78 is 76.5. The molecule has 0 saturated carbocycles. The minimum absolute atomic E-state index is 0.0494. The minimum atomic E-state index is -4.62. The van der Waals surface area contributed by atoms with E-state index in [2.05, 4.69) is 0 Å². The highest BCUT2D eigenvalue weighted by Crippen LogP contribution is 2.36. The Bertz CT molecular complexity index is 639. The van der Waals surface area contributed by atoms with Crippen molar-refractivity contribution in [3.05, 3.63) is 53.3 Å². The third kappa shape index (κ3) is 2.56. The molecule has 0 amide bonds. The van der Waals surface area contributed by atoms with E-state index in [0.29, 0.717) is 18.2 Å². The average Bonchev–Trinajstić information content (AvgIpc) is 2.33. The molecule has 0 saturated heterocycles. The highest BCUT2D eigenvalue weighted by Gasteiger charge is 2.32. The van der Waals surface area contributed by atoms with Crippen LogP contribution >= 0.6 is 0 Å². The number of nitrogens with two attached hydrogens (primary N) is 1. The second kappa shape index (κ2) is 4.73. The van der Waals surface area contributed by atoms with E-state index in [1.165, 1.54) is 0 Å². The van der Waals surface area contributed by atoms with E-state index < -0.39 is 34.9 Å². The zero-order chi connectivity index (χ0) is 15.1. The van der Waals surface area contributed by atoms with Gasteiger partial charge in [0.15, 0.2) is 17.5 Å². The van der Waals surface area contributed by atoms with Crippen molar-refractivity contribution in [3.63, 3.8) is 0 Å². The van der Waals surface area contributed by atoms with Gasteiger partial charge >= 0.3 is 6.18 Å². The molecule has 0 fully saturated rings. The SMILES string of the molecule is Nc1cc(-c2cc(F)c(F)c(F)c2)ccc1C(F)(F)F. The van der Waals surface area contributed by atoms with Crippen molar-refractivity contribution in [2.24, 2.45) is 0 Å². The Balaban J connectivity index is 2.53. The lowest BCUT2D eigenvalue weighted by molar-refractivity contribution is -0.136. The van der Waals surface area contributed by atoms with Crippen molar-refractivity contribution in [1.29, 1.82) is 0 Å². The van der Waals surface area contributed by atoms with E-state index in [4.69, 9.17) is 5.73 Å². The molecule has 2 aromatic rings. The van der Waals surface area contributed by atoms with Gasteiger partial charge in [-0.1, -0.05) is 6.07 Å². The molecule has 0 aromatic heterocycles. The van der Waals surface area contributed by atoms with Gasteiger partial charge in [0.2, 0.25) is 0 Å². The molecule has 0 radical (unpaired) electrons. The molecule has 20 heavy (non-hydrogen) atoms. The van der Waals surface area contributed by atoms with Crippen molar-refractivity contribution >= 4 is 5.69 Å². The largest absolute Gasteiger partial charge is 0.418 e. The third-order valence-corrected chi connectivity index (χ3v) is 2.67. The Morgan fingerprint density at radius 3 is 1.80 bits per heavy atom. The fourth-order valence-electron chi connectivity index (χ4n) is 1.72. The van der Waals surface area contributed by atoms with Gasteiger partial charge < -0.3 is 5.73 Å². The standard InChI is InChI=1S/C13H7F6N/c14-9-3-7(4-10(15)12(9)16)6-1-2-8(11(20)5-6)13(17,18)19/h1-5H,20H2. The first-order valence-electron chi connectivity index (χ1n) is 5.32. The molecule has 1 nitrogen and oxygen atoms in total. The van der Waals surface area contributed by atoms with Gasteiger partial charge in [-0.15, -0.1) is 0 Å². The van der Waals surface area contributed by atoms with E-state index >= 15 is 0 Å². The maximum absolute atomic E-state index is 13.1. The number of halogens is 6. The number of nitrogen functional groups attached to an aromatic ring is 1. The zero-order valence-corrected chi connectivity index (χ0v) is 9.73. The lowest BCUT2D eigenvalue weighted by Gasteiger charge is -2.11. The van der Waals surface area contributed by atoms with E-state index in [-0.39, 0.29) is 11.1 Å². The van der Waals surface area contributed by atoms with Crippen LogP contribution in [0.1, 0.15) is 5.56 Å². The van der Waals surface area contributed by atoms with Gasteiger partial charge in [-0.05, 0) is 35.4 Å². The van der Waals surface area contributed by atoms with Gasteiger partial charge in [-0.3, -0.25) is 0 Å². The smallest absolute Gasteiger partial charge is 0.398 e. The van der Waals surface area contributed by atoms with E-state index in [0.717, 1.165) is 12.1 Å². The van der Waals surface area contributed by atoms with Gasteiger partial charge in [0.1, 0.15) is 0 Å². The van der Waals surface area contributed by atoms with Crippen LogP contribution in [0.25, 0.3) is 11.1 Å². The summed E-state index contributed by atoms with van der Waals surface area (Å²) >= 11 is 0. The van der Waals surface area contributed by atoms with Crippen molar-refractivity contribution in [2.45, 2.75) is 6.18 Å². The van der Waals surface area contributed by atoms with E-state index in [1.54, 1.807) is 0 Å². The quantitative estimate of drug-likeness (QED) is 0.471. The topological polar surface area (TPSA) is 26.0 Å². The van der Waals surface area contributed by atoms with Crippen LogP contribution < -0.4 is 5.73 Å². The Morgan fingerprint density at radius 2 is 1.35 bits per heavy atom. The fraction of sp³-hybridized carbons (Fsp3) is 0.0769. The monoisotopic (exact) mass is 291 g/mol. The van der Waals surface area contributed by atoms with Crippen LogP contribution in [0.15, 0.2) is 30.3 Å². The maximum atomic E-state index is 13.1. The zero-order valence-electron chi connectivity index (χ0n) is 9.73.